The highest BCUT2D eigenvalue weighted by Gasteiger charge is 2.11. The van der Waals surface area contributed by atoms with Gasteiger partial charge in [0.25, 0.3) is 0 Å². The SMILES string of the molecule is CCN(Cc1cccs1)c1ccc([C@H](C)O)cc1Br. The molecular formula is C15H18BrNOS. The summed E-state index contributed by atoms with van der Waals surface area (Å²) < 4.78 is 1.03. The quantitative estimate of drug-likeness (QED) is 0.860. The molecule has 2 nitrogen and oxygen atoms in total. The molecule has 1 aromatic carbocycles. The normalized spacial score (nSPS) is 12.4. The summed E-state index contributed by atoms with van der Waals surface area (Å²) in [4.78, 5) is 3.68. The zero-order valence-corrected chi connectivity index (χ0v) is 13.5. The lowest BCUT2D eigenvalue weighted by Crippen LogP contribution is -2.21. The van der Waals surface area contributed by atoms with Gasteiger partial charge in [0, 0.05) is 15.9 Å². The van der Waals surface area contributed by atoms with E-state index in [9.17, 15) is 5.11 Å². The molecule has 4 heteroatoms. The molecule has 1 atom stereocenters. The van der Waals surface area contributed by atoms with Crippen molar-refractivity contribution in [2.45, 2.75) is 26.5 Å². The van der Waals surface area contributed by atoms with Crippen molar-refractivity contribution in [2.75, 3.05) is 11.4 Å². The van der Waals surface area contributed by atoms with Crippen LogP contribution in [0.1, 0.15) is 30.4 Å². The molecule has 0 amide bonds. The zero-order valence-electron chi connectivity index (χ0n) is 11.1. The van der Waals surface area contributed by atoms with Crippen LogP contribution in [0.3, 0.4) is 0 Å². The highest BCUT2D eigenvalue weighted by Crippen LogP contribution is 2.30. The molecule has 1 aromatic heterocycles. The molecule has 1 N–H and O–H groups in total. The third-order valence-corrected chi connectivity index (χ3v) is 4.60. The number of anilines is 1. The van der Waals surface area contributed by atoms with Gasteiger partial charge in [0.2, 0.25) is 0 Å². The Balaban J connectivity index is 2.23. The number of thiophene rings is 1. The maximum atomic E-state index is 9.61. The van der Waals surface area contributed by atoms with Crippen LogP contribution in [-0.2, 0) is 6.54 Å². The van der Waals surface area contributed by atoms with E-state index in [1.807, 2.05) is 12.1 Å². The van der Waals surface area contributed by atoms with Crippen molar-refractivity contribution in [1.82, 2.24) is 0 Å². The first-order chi connectivity index (χ1) is 9.11. The van der Waals surface area contributed by atoms with Crippen LogP contribution in [0.2, 0.25) is 0 Å². The van der Waals surface area contributed by atoms with E-state index >= 15 is 0 Å². The minimum atomic E-state index is -0.433. The van der Waals surface area contributed by atoms with Gasteiger partial charge < -0.3 is 10.0 Å². The van der Waals surface area contributed by atoms with Gasteiger partial charge in [0.05, 0.1) is 18.3 Å². The molecule has 0 fully saturated rings. The molecule has 19 heavy (non-hydrogen) atoms. The lowest BCUT2D eigenvalue weighted by Gasteiger charge is -2.24. The Morgan fingerprint density at radius 1 is 1.37 bits per heavy atom. The minimum absolute atomic E-state index is 0.433. The van der Waals surface area contributed by atoms with E-state index in [1.54, 1.807) is 18.3 Å². The van der Waals surface area contributed by atoms with Crippen LogP contribution >= 0.6 is 27.3 Å². The standard InChI is InChI=1S/C15H18BrNOS/c1-3-17(10-13-5-4-8-19-13)15-7-6-12(11(2)18)9-14(15)16/h4-9,11,18H,3,10H2,1-2H3/t11-/m0/s1. The van der Waals surface area contributed by atoms with E-state index in [1.165, 1.54) is 10.6 Å². The largest absolute Gasteiger partial charge is 0.389 e. The second-order valence-corrected chi connectivity index (χ2v) is 6.37. The summed E-state index contributed by atoms with van der Waals surface area (Å²) in [6, 6.07) is 10.3. The van der Waals surface area contributed by atoms with Crippen molar-refractivity contribution in [2.24, 2.45) is 0 Å². The predicted molar refractivity (Wildman–Crippen MR) is 85.8 cm³/mol. The fourth-order valence-electron chi connectivity index (χ4n) is 2.00. The highest BCUT2D eigenvalue weighted by molar-refractivity contribution is 9.10. The number of aliphatic hydroxyl groups is 1. The Labute approximate surface area is 126 Å². The summed E-state index contributed by atoms with van der Waals surface area (Å²) in [5.41, 5.74) is 2.10. The second-order valence-electron chi connectivity index (χ2n) is 4.48. The molecule has 0 radical (unpaired) electrons. The lowest BCUT2D eigenvalue weighted by atomic mass is 10.1. The van der Waals surface area contributed by atoms with Crippen molar-refractivity contribution in [3.8, 4) is 0 Å². The van der Waals surface area contributed by atoms with Crippen LogP contribution in [0.5, 0.6) is 0 Å². The van der Waals surface area contributed by atoms with Gasteiger partial charge in [-0.1, -0.05) is 12.1 Å². The number of nitrogens with zero attached hydrogens (tertiary/aromatic N) is 1. The van der Waals surface area contributed by atoms with Crippen LogP contribution in [0.15, 0.2) is 40.2 Å². The molecule has 0 saturated carbocycles. The molecule has 0 bridgehead atoms. The Morgan fingerprint density at radius 3 is 2.68 bits per heavy atom. The maximum Gasteiger partial charge on any atom is 0.0762 e. The van der Waals surface area contributed by atoms with Crippen LogP contribution in [0.25, 0.3) is 0 Å². The van der Waals surface area contributed by atoms with Crippen LogP contribution < -0.4 is 4.90 Å². The molecule has 2 rings (SSSR count). The van der Waals surface area contributed by atoms with Gasteiger partial charge in [0.1, 0.15) is 0 Å². The van der Waals surface area contributed by atoms with E-state index < -0.39 is 6.10 Å². The van der Waals surface area contributed by atoms with Gasteiger partial charge >= 0.3 is 0 Å². The van der Waals surface area contributed by atoms with Gasteiger partial charge in [-0.2, -0.15) is 0 Å². The van der Waals surface area contributed by atoms with Crippen molar-refractivity contribution in [3.63, 3.8) is 0 Å². The fourth-order valence-corrected chi connectivity index (χ4v) is 3.36. The molecule has 2 aromatic rings. The average Bonchev–Trinajstić information content (AvgIpc) is 2.89. The Kier molecular flexibility index (Phi) is 5.02. The van der Waals surface area contributed by atoms with Gasteiger partial charge in [-0.15, -0.1) is 11.3 Å². The molecule has 0 aliphatic rings. The summed E-state index contributed by atoms with van der Waals surface area (Å²) in [5, 5.41) is 11.7. The molecule has 0 spiro atoms. The van der Waals surface area contributed by atoms with E-state index in [4.69, 9.17) is 0 Å². The second kappa shape index (κ2) is 6.55. The monoisotopic (exact) mass is 339 g/mol. The topological polar surface area (TPSA) is 23.5 Å². The van der Waals surface area contributed by atoms with Gasteiger partial charge in [0.15, 0.2) is 0 Å². The summed E-state index contributed by atoms with van der Waals surface area (Å²) in [7, 11) is 0. The highest BCUT2D eigenvalue weighted by atomic mass is 79.9. The Hall–Kier alpha value is -0.840. The Bertz CT molecular complexity index is 525. The molecule has 0 aliphatic carbocycles. The number of aliphatic hydroxyl groups excluding tert-OH is 1. The van der Waals surface area contributed by atoms with Gasteiger partial charge in [-0.05, 0) is 58.9 Å². The van der Waals surface area contributed by atoms with Gasteiger partial charge in [-0.3, -0.25) is 0 Å². The van der Waals surface area contributed by atoms with E-state index in [2.05, 4.69) is 51.3 Å². The molecule has 102 valence electrons. The van der Waals surface area contributed by atoms with Crippen molar-refractivity contribution < 1.29 is 5.11 Å². The van der Waals surface area contributed by atoms with E-state index in [-0.39, 0.29) is 0 Å². The number of rotatable bonds is 5. The number of hydrogen-bond acceptors (Lipinski definition) is 3. The van der Waals surface area contributed by atoms with Crippen LogP contribution in [0, 0.1) is 0 Å². The summed E-state index contributed by atoms with van der Waals surface area (Å²) in [6.07, 6.45) is -0.433. The molecular weight excluding hydrogens is 322 g/mol. The fraction of sp³-hybridized carbons (Fsp3) is 0.333. The predicted octanol–water partition coefficient (Wildman–Crippen LogP) is 4.59. The van der Waals surface area contributed by atoms with Crippen molar-refractivity contribution in [3.05, 3.63) is 50.6 Å². The van der Waals surface area contributed by atoms with E-state index in [0.29, 0.717) is 0 Å². The first-order valence-electron chi connectivity index (χ1n) is 6.36. The summed E-state index contributed by atoms with van der Waals surface area (Å²) >= 11 is 5.39. The Morgan fingerprint density at radius 2 is 2.16 bits per heavy atom. The minimum Gasteiger partial charge on any atom is -0.389 e. The third kappa shape index (κ3) is 3.59. The lowest BCUT2D eigenvalue weighted by molar-refractivity contribution is 0.199. The molecule has 1 heterocycles. The van der Waals surface area contributed by atoms with Gasteiger partial charge in [-0.25, -0.2) is 0 Å². The first kappa shape index (κ1) is 14.6. The number of halogens is 1. The van der Waals surface area contributed by atoms with Crippen molar-refractivity contribution in [1.29, 1.82) is 0 Å². The zero-order chi connectivity index (χ0) is 13.8. The summed E-state index contributed by atoms with van der Waals surface area (Å²) in [5.74, 6) is 0. The van der Waals surface area contributed by atoms with Crippen LogP contribution in [-0.4, -0.2) is 11.7 Å². The maximum absolute atomic E-state index is 9.61. The summed E-state index contributed by atoms with van der Waals surface area (Å²) in [6.45, 7) is 5.80. The van der Waals surface area contributed by atoms with E-state index in [0.717, 1.165) is 23.1 Å². The van der Waals surface area contributed by atoms with Crippen LogP contribution in [0.4, 0.5) is 5.69 Å². The number of hydrogen-bond donors (Lipinski definition) is 1. The first-order valence-corrected chi connectivity index (χ1v) is 8.04. The molecule has 0 aliphatic heterocycles. The smallest absolute Gasteiger partial charge is 0.0762 e. The molecule has 0 unspecified atom stereocenters. The average molecular weight is 340 g/mol. The molecule has 0 saturated heterocycles. The van der Waals surface area contributed by atoms with Crippen molar-refractivity contribution >= 4 is 33.0 Å². The third-order valence-electron chi connectivity index (χ3n) is 3.10. The number of benzene rings is 1.